The van der Waals surface area contributed by atoms with Crippen LogP contribution >= 0.6 is 0 Å². The van der Waals surface area contributed by atoms with Crippen molar-refractivity contribution in [1.82, 2.24) is 0 Å². The predicted molar refractivity (Wildman–Crippen MR) is 25.3 cm³/mol. The monoisotopic (exact) mass is 83.0 g/mol. The molecule has 0 heterocycles. The molecule has 0 radical (unpaired) electrons. The van der Waals surface area contributed by atoms with Gasteiger partial charge in [0.2, 0.25) is 12.5 Å². The Hall–Kier alpha value is -0.810. The molecular weight excluding hydrogens is 76.1 g/mol. The molecule has 0 aromatic rings. The molecule has 0 unspecified atom stereocenters. The van der Waals surface area contributed by atoms with E-state index in [0.717, 1.165) is 0 Å². The molecule has 1 heteroatoms. The summed E-state index contributed by atoms with van der Waals surface area (Å²) in [6.07, 6.45) is 2.84. The fourth-order valence-electron chi connectivity index (χ4n) is 0.144. The third kappa shape index (κ3) is 3.19. The normalized spacial score (nSPS) is 6.67. The van der Waals surface area contributed by atoms with Crippen molar-refractivity contribution in [3.63, 3.8) is 0 Å². The van der Waals surface area contributed by atoms with Crippen LogP contribution in [0.25, 0.3) is 0 Å². The Labute approximate surface area is 37.6 Å². The number of aliphatic hydroxyl groups is 1. The summed E-state index contributed by atoms with van der Waals surface area (Å²) >= 11 is 0. The molecule has 1 nitrogen and oxygen atoms in total. The van der Waals surface area contributed by atoms with Gasteiger partial charge in [0.1, 0.15) is 12.3 Å². The summed E-state index contributed by atoms with van der Waals surface area (Å²) in [5.74, 6) is 0.116. The molecule has 0 atom stereocenters. The van der Waals surface area contributed by atoms with Crippen LogP contribution < -0.4 is 0 Å². The van der Waals surface area contributed by atoms with E-state index in [2.05, 4.69) is 19.2 Å². The molecule has 0 aliphatic carbocycles. The molecule has 0 fully saturated rings. The van der Waals surface area contributed by atoms with E-state index in [9.17, 15) is 0 Å². The van der Waals surface area contributed by atoms with Crippen LogP contribution in [0.2, 0.25) is 0 Å². The minimum Gasteiger partial charge on any atom is -0.508 e. The van der Waals surface area contributed by atoms with Gasteiger partial charge in [-0.1, -0.05) is 6.58 Å². The van der Waals surface area contributed by atoms with E-state index in [-0.39, 0.29) is 5.76 Å². The molecule has 0 bridgehead atoms. The highest BCUT2D eigenvalue weighted by atomic mass is 16.3. The van der Waals surface area contributed by atoms with Gasteiger partial charge in [0.05, 0.1) is 0 Å². The molecular formula is C5H7O+. The van der Waals surface area contributed by atoms with Gasteiger partial charge in [-0.3, -0.25) is 0 Å². The Morgan fingerprint density at radius 3 is 2.33 bits per heavy atom. The van der Waals surface area contributed by atoms with Crippen LogP contribution in [0.3, 0.4) is 0 Å². The largest absolute Gasteiger partial charge is 0.508 e. The molecule has 0 amide bonds. The van der Waals surface area contributed by atoms with Gasteiger partial charge in [0.25, 0.3) is 0 Å². The second-order valence-corrected chi connectivity index (χ2v) is 0.993. The van der Waals surface area contributed by atoms with Crippen molar-refractivity contribution in [2.24, 2.45) is 0 Å². The Balaban J connectivity index is 3.05. The maximum atomic E-state index is 8.26. The summed E-state index contributed by atoms with van der Waals surface area (Å²) in [4.78, 5) is 0. The quantitative estimate of drug-likeness (QED) is 0.395. The average Bonchev–Trinajstić information content (AvgIpc) is 1.35. The molecule has 0 aromatic carbocycles. The molecule has 0 aliphatic heterocycles. The van der Waals surface area contributed by atoms with Crippen LogP contribution in [0, 0.1) is 6.08 Å². The highest BCUT2D eigenvalue weighted by molar-refractivity contribution is 4.82. The van der Waals surface area contributed by atoms with Gasteiger partial charge in [-0.15, -0.1) is 0 Å². The van der Waals surface area contributed by atoms with Crippen LogP contribution in [0.1, 0.15) is 6.42 Å². The maximum Gasteiger partial charge on any atom is 0.223 e. The minimum absolute atomic E-state index is 0.116. The lowest BCUT2D eigenvalue weighted by Gasteiger charge is -1.72. The molecule has 0 aromatic heterocycles. The Morgan fingerprint density at radius 2 is 2.33 bits per heavy atom. The van der Waals surface area contributed by atoms with E-state index in [1.807, 2.05) is 0 Å². The van der Waals surface area contributed by atoms with Gasteiger partial charge >= 0.3 is 0 Å². The fraction of sp³-hybridized carbons (Fsp3) is 0.200. The van der Waals surface area contributed by atoms with Crippen LogP contribution in [-0.2, 0) is 0 Å². The van der Waals surface area contributed by atoms with Crippen molar-refractivity contribution in [2.45, 2.75) is 6.42 Å². The van der Waals surface area contributed by atoms with Crippen LogP contribution in [0.15, 0.2) is 18.9 Å². The number of aliphatic hydroxyl groups excluding tert-OH is 1. The minimum atomic E-state index is 0.116. The fourth-order valence-corrected chi connectivity index (χ4v) is 0.144. The first-order valence-corrected chi connectivity index (χ1v) is 1.64. The van der Waals surface area contributed by atoms with Crippen molar-refractivity contribution in [2.75, 3.05) is 0 Å². The van der Waals surface area contributed by atoms with Gasteiger partial charge in [-0.25, -0.2) is 0 Å². The van der Waals surface area contributed by atoms with Gasteiger partial charge in [0.15, 0.2) is 0 Å². The van der Waals surface area contributed by atoms with E-state index in [1.165, 1.54) is 0 Å². The Kier molecular flexibility index (Phi) is 2.10. The van der Waals surface area contributed by atoms with Gasteiger partial charge < -0.3 is 5.11 Å². The van der Waals surface area contributed by atoms with E-state index in [4.69, 9.17) is 5.11 Å². The zero-order chi connectivity index (χ0) is 4.99. The van der Waals surface area contributed by atoms with Crippen LogP contribution in [0.5, 0.6) is 0 Å². The van der Waals surface area contributed by atoms with Crippen LogP contribution in [-0.4, -0.2) is 5.11 Å². The molecule has 6 heavy (non-hydrogen) atoms. The number of hydrogen-bond donors (Lipinski definition) is 1. The molecule has 32 valence electrons. The number of allylic oxidation sites excluding steroid dienone is 1. The van der Waals surface area contributed by atoms with Crippen molar-refractivity contribution in [3.05, 3.63) is 25.0 Å². The first-order chi connectivity index (χ1) is 2.77. The summed E-state index contributed by atoms with van der Waals surface area (Å²) in [6.45, 7) is 6.45. The molecule has 0 spiro atoms. The molecule has 0 aliphatic rings. The smallest absolute Gasteiger partial charge is 0.223 e. The van der Waals surface area contributed by atoms with Crippen molar-refractivity contribution in [1.29, 1.82) is 0 Å². The number of rotatable bonds is 2. The van der Waals surface area contributed by atoms with E-state index >= 15 is 0 Å². The summed E-state index contributed by atoms with van der Waals surface area (Å²) in [6, 6.07) is 0. The summed E-state index contributed by atoms with van der Waals surface area (Å²) < 4.78 is 0. The van der Waals surface area contributed by atoms with Crippen molar-refractivity contribution < 1.29 is 5.11 Å². The second-order valence-electron chi connectivity index (χ2n) is 0.993. The molecule has 0 rings (SSSR count). The van der Waals surface area contributed by atoms with E-state index in [0.29, 0.717) is 6.42 Å². The maximum absolute atomic E-state index is 8.26. The third-order valence-corrected chi connectivity index (χ3v) is 0.329. The third-order valence-electron chi connectivity index (χ3n) is 0.329. The Morgan fingerprint density at radius 1 is 1.83 bits per heavy atom. The Bertz CT molecular complexity index is 64.3. The zero-order valence-electron chi connectivity index (χ0n) is 3.57. The molecule has 1 N–H and O–H groups in total. The van der Waals surface area contributed by atoms with Gasteiger partial charge in [0, 0.05) is 0 Å². The van der Waals surface area contributed by atoms with Gasteiger partial charge in [-0.2, -0.15) is 0 Å². The first kappa shape index (κ1) is 5.19. The van der Waals surface area contributed by atoms with Crippen molar-refractivity contribution >= 4 is 0 Å². The highest BCUT2D eigenvalue weighted by Gasteiger charge is 1.89. The predicted octanol–water partition coefficient (Wildman–Crippen LogP) is 1.44. The van der Waals surface area contributed by atoms with Crippen LogP contribution in [0.4, 0.5) is 0 Å². The average molecular weight is 83.1 g/mol. The number of hydrogen-bond acceptors (Lipinski definition) is 1. The SMILES string of the molecule is C=[C+]CC(=C)O. The lowest BCUT2D eigenvalue weighted by atomic mass is 10.4. The van der Waals surface area contributed by atoms with Gasteiger partial charge in [-0.05, 0) is 0 Å². The zero-order valence-corrected chi connectivity index (χ0v) is 3.57. The molecule has 0 saturated carbocycles. The summed E-state index contributed by atoms with van der Waals surface area (Å²) in [5, 5.41) is 8.26. The summed E-state index contributed by atoms with van der Waals surface area (Å²) in [7, 11) is 0. The lowest BCUT2D eigenvalue weighted by molar-refractivity contribution is 0.403. The van der Waals surface area contributed by atoms with E-state index < -0.39 is 0 Å². The first-order valence-electron chi connectivity index (χ1n) is 1.64. The highest BCUT2D eigenvalue weighted by Crippen LogP contribution is 1.87. The topological polar surface area (TPSA) is 20.2 Å². The standard InChI is InChI=1S/C5H6O/c1-3-4-5(2)6/h1-2,4H2/p+1. The summed E-state index contributed by atoms with van der Waals surface area (Å²) in [5.41, 5.74) is 0. The molecule has 0 saturated heterocycles. The lowest BCUT2D eigenvalue weighted by Crippen LogP contribution is -1.69. The second kappa shape index (κ2) is 2.43. The van der Waals surface area contributed by atoms with Crippen molar-refractivity contribution in [3.8, 4) is 0 Å². The van der Waals surface area contributed by atoms with E-state index in [1.54, 1.807) is 0 Å².